The van der Waals surface area contributed by atoms with E-state index in [2.05, 4.69) is 0 Å². The maximum absolute atomic E-state index is 12.8. The zero-order valence-electron chi connectivity index (χ0n) is 13.7. The quantitative estimate of drug-likeness (QED) is 0.449. The molecule has 2 aliphatic carbocycles. The van der Waals surface area contributed by atoms with Crippen molar-refractivity contribution < 1.29 is 23.7 Å². The molecule has 2 bridgehead atoms. The van der Waals surface area contributed by atoms with Crippen LogP contribution >= 0.6 is 8.46 Å². The lowest BCUT2D eigenvalue weighted by Gasteiger charge is -2.33. The number of hydrogen-bond acceptors (Lipinski definition) is 5. The van der Waals surface area contributed by atoms with Gasteiger partial charge < -0.3 is 4.74 Å². The number of ketones is 3. The Morgan fingerprint density at radius 1 is 1.29 bits per heavy atom. The third-order valence-electron chi connectivity index (χ3n) is 5.73. The molecule has 0 radical (unpaired) electrons. The third-order valence-corrected chi connectivity index (χ3v) is 6.30. The number of rotatable bonds is 6. The molecule has 0 saturated heterocycles. The first kappa shape index (κ1) is 17.0. The summed E-state index contributed by atoms with van der Waals surface area (Å²) in [5, 5.41) is 0.511. The summed E-state index contributed by atoms with van der Waals surface area (Å²) in [7, 11) is -0.151. The fourth-order valence-corrected chi connectivity index (χ4v) is 4.70. The first-order chi connectivity index (χ1) is 11.4. The molecule has 2 saturated carbocycles. The molecular formula is C18H19O5P. The minimum absolute atomic E-state index is 0.0548. The second-order valence-corrected chi connectivity index (χ2v) is 7.66. The number of para-hydroxylation sites is 1. The fourth-order valence-electron chi connectivity index (χ4n) is 4.32. The SMILES string of the molecule is CC1(C)C2CCC1(C(=O)CCOc1ccccc1P=O)C(=O)C2=O. The van der Waals surface area contributed by atoms with Gasteiger partial charge in [0.25, 0.3) is 0 Å². The van der Waals surface area contributed by atoms with E-state index in [0.717, 1.165) is 0 Å². The molecule has 6 heteroatoms. The van der Waals surface area contributed by atoms with Crippen LogP contribution in [-0.2, 0) is 18.9 Å². The summed E-state index contributed by atoms with van der Waals surface area (Å²) in [5.41, 5.74) is -1.81. The van der Waals surface area contributed by atoms with E-state index in [1.807, 2.05) is 13.8 Å². The van der Waals surface area contributed by atoms with E-state index in [4.69, 9.17) is 4.74 Å². The monoisotopic (exact) mass is 346 g/mol. The second kappa shape index (κ2) is 5.89. The molecule has 0 spiro atoms. The van der Waals surface area contributed by atoms with Crippen LogP contribution in [0.5, 0.6) is 5.75 Å². The molecule has 2 unspecified atom stereocenters. The van der Waals surface area contributed by atoms with Gasteiger partial charge >= 0.3 is 0 Å². The average Bonchev–Trinajstić information content (AvgIpc) is 2.91. The fraction of sp³-hybridized carbons (Fsp3) is 0.500. The van der Waals surface area contributed by atoms with Crippen LogP contribution in [0.3, 0.4) is 0 Å². The molecule has 1 aromatic carbocycles. The summed E-state index contributed by atoms with van der Waals surface area (Å²) < 4.78 is 16.6. The molecule has 2 atom stereocenters. The Balaban J connectivity index is 1.73. The Kier molecular flexibility index (Phi) is 4.16. The summed E-state index contributed by atoms with van der Waals surface area (Å²) in [6, 6.07) is 6.87. The normalized spacial score (nSPS) is 27.7. The van der Waals surface area contributed by atoms with Gasteiger partial charge in [-0.1, -0.05) is 26.0 Å². The maximum Gasteiger partial charge on any atom is 0.212 e. The minimum atomic E-state index is -1.19. The van der Waals surface area contributed by atoms with Crippen molar-refractivity contribution in [3.63, 3.8) is 0 Å². The Morgan fingerprint density at radius 3 is 2.62 bits per heavy atom. The van der Waals surface area contributed by atoms with Crippen LogP contribution < -0.4 is 10.0 Å². The van der Waals surface area contributed by atoms with E-state index in [1.165, 1.54) is 0 Å². The van der Waals surface area contributed by atoms with E-state index in [1.54, 1.807) is 24.3 Å². The minimum Gasteiger partial charge on any atom is -0.492 e. The summed E-state index contributed by atoms with van der Waals surface area (Å²) in [4.78, 5) is 37.4. The number of Topliss-reactive ketones (excluding diaryl/α,β-unsaturated/α-hetero) is 3. The third kappa shape index (κ3) is 2.18. The molecule has 2 aliphatic rings. The van der Waals surface area contributed by atoms with Gasteiger partial charge in [-0.05, 0) is 30.4 Å². The van der Waals surface area contributed by atoms with Gasteiger partial charge in [-0.2, -0.15) is 0 Å². The number of carbonyl (C=O) groups is 3. The van der Waals surface area contributed by atoms with Crippen molar-refractivity contribution >= 4 is 31.1 Å². The zero-order valence-corrected chi connectivity index (χ0v) is 14.6. The Bertz CT molecular complexity index is 739. The molecule has 0 aromatic heterocycles. The average molecular weight is 346 g/mol. The lowest BCUT2D eigenvalue weighted by Crippen LogP contribution is -2.44. The smallest absolute Gasteiger partial charge is 0.212 e. The molecule has 0 heterocycles. The molecule has 0 N–H and O–H groups in total. The topological polar surface area (TPSA) is 77.5 Å². The highest BCUT2D eigenvalue weighted by molar-refractivity contribution is 7.34. The molecule has 0 amide bonds. The van der Waals surface area contributed by atoms with Gasteiger partial charge in [0.2, 0.25) is 11.6 Å². The van der Waals surface area contributed by atoms with Crippen LogP contribution in [0.25, 0.3) is 0 Å². The predicted molar refractivity (Wildman–Crippen MR) is 87.8 cm³/mol. The first-order valence-corrected chi connectivity index (χ1v) is 8.84. The van der Waals surface area contributed by atoms with Crippen molar-refractivity contribution in [2.24, 2.45) is 16.7 Å². The first-order valence-electron chi connectivity index (χ1n) is 8.03. The van der Waals surface area contributed by atoms with Crippen LogP contribution in [0.1, 0.15) is 33.1 Å². The molecule has 5 nitrogen and oxygen atoms in total. The number of fused-ring (bicyclic) bond motifs is 2. The summed E-state index contributed by atoms with van der Waals surface area (Å²) in [6.45, 7) is 3.78. The second-order valence-electron chi connectivity index (χ2n) is 6.99. The van der Waals surface area contributed by atoms with Gasteiger partial charge in [-0.25, -0.2) is 0 Å². The number of ether oxygens (including phenoxy) is 1. The van der Waals surface area contributed by atoms with Crippen LogP contribution in [0.2, 0.25) is 0 Å². The van der Waals surface area contributed by atoms with Gasteiger partial charge in [0.15, 0.2) is 14.2 Å². The van der Waals surface area contributed by atoms with Crippen molar-refractivity contribution in [1.29, 1.82) is 0 Å². The highest BCUT2D eigenvalue weighted by atomic mass is 31.1. The van der Waals surface area contributed by atoms with Crippen LogP contribution in [-0.4, -0.2) is 24.0 Å². The van der Waals surface area contributed by atoms with Crippen molar-refractivity contribution in [2.45, 2.75) is 33.1 Å². The van der Waals surface area contributed by atoms with Crippen LogP contribution in [0.4, 0.5) is 0 Å². The zero-order chi connectivity index (χ0) is 17.5. The lowest BCUT2D eigenvalue weighted by atomic mass is 9.65. The van der Waals surface area contributed by atoms with Crippen molar-refractivity contribution in [3.8, 4) is 5.75 Å². The standard InChI is InChI=1S/C18H19O5P/c1-17(2)11-7-9-18(17,16(21)15(11)20)14(19)8-10-23-12-5-3-4-6-13(12)24-22/h3-6,11H,7-10H2,1-2H3. The molecular weight excluding hydrogens is 327 g/mol. The van der Waals surface area contributed by atoms with Gasteiger partial charge in [0.1, 0.15) is 11.2 Å². The number of benzene rings is 1. The van der Waals surface area contributed by atoms with E-state index >= 15 is 0 Å². The van der Waals surface area contributed by atoms with Crippen LogP contribution in [0.15, 0.2) is 24.3 Å². The van der Waals surface area contributed by atoms with E-state index < -0.39 is 22.4 Å². The maximum atomic E-state index is 12.8. The highest BCUT2D eigenvalue weighted by Crippen LogP contribution is 2.63. The Labute approximate surface area is 142 Å². The van der Waals surface area contributed by atoms with Gasteiger partial charge in [-0.15, -0.1) is 0 Å². The molecule has 24 heavy (non-hydrogen) atoms. The highest BCUT2D eigenvalue weighted by Gasteiger charge is 2.71. The van der Waals surface area contributed by atoms with E-state index in [0.29, 0.717) is 23.9 Å². The Hall–Kier alpha value is -1.87. The van der Waals surface area contributed by atoms with Gasteiger partial charge in [0, 0.05) is 12.3 Å². The lowest BCUT2D eigenvalue weighted by molar-refractivity contribution is -0.148. The molecule has 126 valence electrons. The number of carbonyl (C=O) groups excluding carboxylic acids is 3. The van der Waals surface area contributed by atoms with Crippen LogP contribution in [0, 0.1) is 16.7 Å². The number of hydrogen-bond donors (Lipinski definition) is 0. The molecule has 2 fully saturated rings. The van der Waals surface area contributed by atoms with E-state index in [-0.39, 0.29) is 33.2 Å². The Morgan fingerprint density at radius 2 is 2.00 bits per heavy atom. The van der Waals surface area contributed by atoms with E-state index in [9.17, 15) is 18.9 Å². The van der Waals surface area contributed by atoms with Gasteiger partial charge in [0.05, 0.1) is 11.9 Å². The van der Waals surface area contributed by atoms with Crippen molar-refractivity contribution in [3.05, 3.63) is 24.3 Å². The summed E-state index contributed by atoms with van der Waals surface area (Å²) >= 11 is 0. The predicted octanol–water partition coefficient (Wildman–Crippen LogP) is 2.52. The molecule has 1 aromatic rings. The molecule has 0 aliphatic heterocycles. The van der Waals surface area contributed by atoms with Crippen molar-refractivity contribution in [2.75, 3.05) is 6.61 Å². The largest absolute Gasteiger partial charge is 0.492 e. The summed E-state index contributed by atoms with van der Waals surface area (Å²) in [6.07, 6.45) is 1.10. The van der Waals surface area contributed by atoms with Gasteiger partial charge in [-0.3, -0.25) is 18.9 Å². The summed E-state index contributed by atoms with van der Waals surface area (Å²) in [5.74, 6) is -1.02. The van der Waals surface area contributed by atoms with Crippen molar-refractivity contribution in [1.82, 2.24) is 0 Å². The molecule has 3 rings (SSSR count).